The van der Waals surface area contributed by atoms with Gasteiger partial charge >= 0.3 is 5.97 Å². The van der Waals surface area contributed by atoms with Crippen LogP contribution in [0.3, 0.4) is 0 Å². The molecule has 4 nitrogen and oxygen atoms in total. The fraction of sp³-hybridized carbons (Fsp3) is 0.833. The fourth-order valence-corrected chi connectivity index (χ4v) is 4.11. The summed E-state index contributed by atoms with van der Waals surface area (Å²) in [4.78, 5) is 26.7. The molecule has 1 aliphatic heterocycles. The molecule has 2 unspecified atom stereocenters. The van der Waals surface area contributed by atoms with Crippen LogP contribution in [-0.2, 0) is 14.3 Å². The minimum absolute atomic E-state index is 0.0211. The van der Waals surface area contributed by atoms with E-state index >= 15 is 0 Å². The highest BCUT2D eigenvalue weighted by Crippen LogP contribution is 2.47. The van der Waals surface area contributed by atoms with E-state index in [0.29, 0.717) is 19.5 Å². The lowest BCUT2D eigenvalue weighted by Gasteiger charge is -2.50. The monoisotopic (exact) mass is 303 g/mol. The molecule has 0 aromatic heterocycles. The van der Waals surface area contributed by atoms with E-state index < -0.39 is 9.74 Å². The van der Waals surface area contributed by atoms with E-state index in [1.165, 1.54) is 7.11 Å². The second kappa shape index (κ2) is 4.35. The third-order valence-corrected chi connectivity index (χ3v) is 5.02. The van der Waals surface area contributed by atoms with Crippen molar-refractivity contribution in [3.8, 4) is 0 Å². The van der Waals surface area contributed by atoms with Crippen molar-refractivity contribution in [2.75, 3.05) is 26.7 Å². The lowest BCUT2D eigenvalue weighted by molar-refractivity contribution is -0.166. The zero-order chi connectivity index (χ0) is 12.7. The normalized spacial score (nSPS) is 37.9. The van der Waals surface area contributed by atoms with Crippen molar-refractivity contribution in [1.82, 2.24) is 4.90 Å². The van der Waals surface area contributed by atoms with Crippen LogP contribution >= 0.6 is 15.9 Å². The third kappa shape index (κ3) is 1.83. The van der Waals surface area contributed by atoms with Gasteiger partial charge in [-0.2, -0.15) is 0 Å². The Balaban J connectivity index is 2.40. The van der Waals surface area contributed by atoms with Crippen molar-refractivity contribution in [2.45, 2.75) is 30.5 Å². The Kier molecular flexibility index (Phi) is 3.34. The average Bonchev–Trinajstić information content (AvgIpc) is 2.30. The summed E-state index contributed by atoms with van der Waals surface area (Å²) in [5.41, 5.74) is -0.940. The van der Waals surface area contributed by atoms with Gasteiger partial charge in [0.1, 0.15) is 5.41 Å². The van der Waals surface area contributed by atoms with Gasteiger partial charge in [-0.3, -0.25) is 9.59 Å². The van der Waals surface area contributed by atoms with Crippen LogP contribution in [0.4, 0.5) is 0 Å². The number of likely N-dealkylation sites (tertiary alicyclic amines) is 1. The molecule has 0 aromatic carbocycles. The molecule has 2 atom stereocenters. The molecule has 2 rings (SSSR count). The lowest BCUT2D eigenvalue weighted by Crippen LogP contribution is -2.66. The van der Waals surface area contributed by atoms with E-state index in [2.05, 4.69) is 20.8 Å². The molecule has 0 amide bonds. The molecule has 2 fully saturated rings. The number of methoxy groups -OCH3 is 1. The standard InChI is InChI=1S/C12H18BrNO3/c1-3-14-7-11(10(16)17-2)5-4-6-12(13,8-14)9(11)15/h3-8H2,1-2H3. The Morgan fingerprint density at radius 3 is 2.76 bits per heavy atom. The van der Waals surface area contributed by atoms with Crippen molar-refractivity contribution < 1.29 is 14.3 Å². The predicted octanol–water partition coefficient (Wildman–Crippen LogP) is 1.37. The Morgan fingerprint density at radius 2 is 2.18 bits per heavy atom. The molecule has 1 heterocycles. The zero-order valence-electron chi connectivity index (χ0n) is 10.3. The number of carbonyl (C=O) groups is 2. The number of ether oxygens (including phenoxy) is 1. The summed E-state index contributed by atoms with van der Waals surface area (Å²) in [6.45, 7) is 4.09. The number of piperidine rings is 1. The molecule has 0 N–H and O–H groups in total. The van der Waals surface area contributed by atoms with Crippen molar-refractivity contribution in [3.63, 3.8) is 0 Å². The van der Waals surface area contributed by atoms with Crippen LogP contribution in [-0.4, -0.2) is 47.7 Å². The third-order valence-electron chi connectivity index (χ3n) is 4.01. The van der Waals surface area contributed by atoms with Crippen LogP contribution in [0, 0.1) is 5.41 Å². The molecule has 1 saturated carbocycles. The van der Waals surface area contributed by atoms with Crippen molar-refractivity contribution in [3.05, 3.63) is 0 Å². The Bertz CT molecular complexity index is 360. The summed E-state index contributed by atoms with van der Waals surface area (Å²) in [5, 5.41) is 0. The first-order valence-electron chi connectivity index (χ1n) is 6.03. The van der Waals surface area contributed by atoms with Gasteiger partial charge in [-0.25, -0.2) is 0 Å². The van der Waals surface area contributed by atoms with Gasteiger partial charge in [-0.05, 0) is 25.8 Å². The molecule has 1 aliphatic carbocycles. The summed E-state index contributed by atoms with van der Waals surface area (Å²) >= 11 is 3.57. The lowest BCUT2D eigenvalue weighted by atomic mass is 9.65. The van der Waals surface area contributed by atoms with Crippen molar-refractivity contribution in [2.24, 2.45) is 5.41 Å². The molecule has 17 heavy (non-hydrogen) atoms. The van der Waals surface area contributed by atoms with Crippen LogP contribution < -0.4 is 0 Å². The second-order valence-electron chi connectivity index (χ2n) is 5.02. The number of hydrogen-bond acceptors (Lipinski definition) is 4. The highest BCUT2D eigenvalue weighted by molar-refractivity contribution is 9.10. The predicted molar refractivity (Wildman–Crippen MR) is 67.1 cm³/mol. The largest absolute Gasteiger partial charge is 0.468 e. The van der Waals surface area contributed by atoms with Gasteiger partial charge in [0.05, 0.1) is 11.4 Å². The maximum Gasteiger partial charge on any atom is 0.320 e. The summed E-state index contributed by atoms with van der Waals surface area (Å²) in [7, 11) is 1.36. The molecular formula is C12H18BrNO3. The van der Waals surface area contributed by atoms with Gasteiger partial charge in [0.25, 0.3) is 0 Å². The van der Waals surface area contributed by atoms with E-state index in [4.69, 9.17) is 4.74 Å². The zero-order valence-corrected chi connectivity index (χ0v) is 11.9. The van der Waals surface area contributed by atoms with Crippen LogP contribution in [0.1, 0.15) is 26.2 Å². The van der Waals surface area contributed by atoms with Crippen LogP contribution in [0.2, 0.25) is 0 Å². The fourth-order valence-electron chi connectivity index (χ4n) is 3.10. The minimum atomic E-state index is -0.940. The number of nitrogens with zero attached hydrogens (tertiary/aromatic N) is 1. The highest BCUT2D eigenvalue weighted by Gasteiger charge is 2.61. The van der Waals surface area contributed by atoms with Crippen molar-refractivity contribution in [1.29, 1.82) is 0 Å². The van der Waals surface area contributed by atoms with E-state index in [0.717, 1.165) is 19.4 Å². The molecule has 96 valence electrons. The molecule has 5 heteroatoms. The van der Waals surface area contributed by atoms with E-state index in [1.807, 2.05) is 6.92 Å². The number of alkyl halides is 1. The van der Waals surface area contributed by atoms with Gasteiger partial charge in [-0.15, -0.1) is 0 Å². The van der Waals surface area contributed by atoms with Gasteiger partial charge in [-0.1, -0.05) is 22.9 Å². The molecular weight excluding hydrogens is 286 g/mol. The first kappa shape index (κ1) is 13.0. The van der Waals surface area contributed by atoms with Gasteiger partial charge < -0.3 is 9.64 Å². The van der Waals surface area contributed by atoms with Gasteiger partial charge in [0.2, 0.25) is 0 Å². The second-order valence-corrected chi connectivity index (χ2v) is 6.54. The molecule has 2 aliphatic rings. The number of hydrogen-bond donors (Lipinski definition) is 0. The first-order valence-corrected chi connectivity index (χ1v) is 6.82. The molecule has 1 saturated heterocycles. The summed E-state index contributed by atoms with van der Waals surface area (Å²) in [6, 6.07) is 0. The highest BCUT2D eigenvalue weighted by atomic mass is 79.9. The SMILES string of the molecule is CCN1CC2(Br)CCCC(C(=O)OC)(C1)C2=O. The van der Waals surface area contributed by atoms with Crippen molar-refractivity contribution >= 4 is 27.7 Å². The number of carbonyl (C=O) groups excluding carboxylic acids is 2. The number of fused-ring (bicyclic) bond motifs is 2. The van der Waals surface area contributed by atoms with Gasteiger partial charge in [0.15, 0.2) is 5.78 Å². The number of halogens is 1. The maximum atomic E-state index is 12.5. The summed E-state index contributed by atoms with van der Waals surface area (Å²) < 4.78 is 4.32. The van der Waals surface area contributed by atoms with Crippen LogP contribution in [0.25, 0.3) is 0 Å². The summed E-state index contributed by atoms with van der Waals surface area (Å²) in [6.07, 6.45) is 2.31. The van der Waals surface area contributed by atoms with E-state index in [-0.39, 0.29) is 11.8 Å². The number of ketones is 1. The maximum absolute atomic E-state index is 12.5. The number of Topliss-reactive ketones (excluding diaryl/α,β-unsaturated/α-hetero) is 1. The Hall–Kier alpha value is -0.420. The van der Waals surface area contributed by atoms with Gasteiger partial charge in [0, 0.05) is 13.1 Å². The quantitative estimate of drug-likeness (QED) is 0.439. The number of esters is 1. The minimum Gasteiger partial charge on any atom is -0.468 e. The Morgan fingerprint density at radius 1 is 1.47 bits per heavy atom. The number of rotatable bonds is 2. The smallest absolute Gasteiger partial charge is 0.320 e. The van der Waals surface area contributed by atoms with E-state index in [1.54, 1.807) is 0 Å². The average molecular weight is 304 g/mol. The summed E-state index contributed by atoms with van der Waals surface area (Å²) in [5.74, 6) is -0.350. The van der Waals surface area contributed by atoms with Crippen LogP contribution in [0.5, 0.6) is 0 Å². The first-order chi connectivity index (χ1) is 7.98. The van der Waals surface area contributed by atoms with Crippen LogP contribution in [0.15, 0.2) is 0 Å². The van der Waals surface area contributed by atoms with E-state index in [9.17, 15) is 9.59 Å². The Labute approximate surface area is 110 Å². The molecule has 2 bridgehead atoms. The molecule has 0 aromatic rings. The molecule has 0 spiro atoms. The molecule has 0 radical (unpaired) electrons. The topological polar surface area (TPSA) is 46.6 Å².